The Hall–Kier alpha value is -2.88. The van der Waals surface area contributed by atoms with Gasteiger partial charge in [0.05, 0.1) is 11.0 Å². The molecule has 0 saturated carbocycles. The van der Waals surface area contributed by atoms with Crippen LogP contribution in [-0.4, -0.2) is 14.5 Å². The van der Waals surface area contributed by atoms with Crippen LogP contribution in [0.4, 0.5) is 5.82 Å². The lowest BCUT2D eigenvalue weighted by Gasteiger charge is -2.10. The van der Waals surface area contributed by atoms with Crippen LogP contribution in [0, 0.1) is 0 Å². The number of pyridine rings is 1. The van der Waals surface area contributed by atoms with Gasteiger partial charge in [-0.05, 0) is 24.6 Å². The highest BCUT2D eigenvalue weighted by atomic mass is 15.1. The van der Waals surface area contributed by atoms with Crippen LogP contribution >= 0.6 is 0 Å². The number of hydrogen-bond donors (Lipinski definition) is 1. The van der Waals surface area contributed by atoms with E-state index >= 15 is 0 Å². The van der Waals surface area contributed by atoms with E-state index in [4.69, 9.17) is 10.7 Å². The van der Waals surface area contributed by atoms with E-state index in [0.717, 1.165) is 52.7 Å². The number of aromatic nitrogens is 3. The van der Waals surface area contributed by atoms with Gasteiger partial charge in [-0.3, -0.25) is 4.57 Å². The summed E-state index contributed by atoms with van der Waals surface area (Å²) in [6.07, 6.45) is 3.15. The lowest BCUT2D eigenvalue weighted by Crippen LogP contribution is -2.01. The second-order valence-corrected chi connectivity index (χ2v) is 6.01. The first kappa shape index (κ1) is 14.7. The molecule has 120 valence electrons. The van der Waals surface area contributed by atoms with Gasteiger partial charge in [0.15, 0.2) is 5.82 Å². The molecule has 4 rings (SSSR count). The van der Waals surface area contributed by atoms with E-state index in [0.29, 0.717) is 5.82 Å². The van der Waals surface area contributed by atoms with Crippen molar-refractivity contribution in [3.63, 3.8) is 0 Å². The maximum Gasteiger partial charge on any atom is 0.152 e. The lowest BCUT2D eigenvalue weighted by atomic mass is 10.1. The van der Waals surface area contributed by atoms with Crippen molar-refractivity contribution in [2.45, 2.75) is 26.2 Å². The van der Waals surface area contributed by atoms with Gasteiger partial charge < -0.3 is 5.73 Å². The van der Waals surface area contributed by atoms with Crippen molar-refractivity contribution < 1.29 is 0 Å². The molecule has 4 heteroatoms. The fourth-order valence-electron chi connectivity index (χ4n) is 3.21. The van der Waals surface area contributed by atoms with E-state index in [2.05, 4.69) is 46.8 Å². The molecule has 0 aliphatic rings. The molecule has 0 unspecified atom stereocenters. The maximum absolute atomic E-state index is 6.22. The summed E-state index contributed by atoms with van der Waals surface area (Å²) in [5, 5.41) is 1.08. The third-order valence-corrected chi connectivity index (χ3v) is 4.36. The quantitative estimate of drug-likeness (QED) is 0.603. The summed E-state index contributed by atoms with van der Waals surface area (Å²) in [4.78, 5) is 9.39. The molecule has 0 bridgehead atoms. The third kappa shape index (κ3) is 2.31. The van der Waals surface area contributed by atoms with Gasteiger partial charge in [0.25, 0.3) is 0 Å². The highest BCUT2D eigenvalue weighted by Crippen LogP contribution is 2.31. The van der Waals surface area contributed by atoms with Gasteiger partial charge in [-0.1, -0.05) is 49.7 Å². The lowest BCUT2D eigenvalue weighted by molar-refractivity contribution is 0.744. The predicted molar refractivity (Wildman–Crippen MR) is 99.4 cm³/mol. The molecule has 0 saturated heterocycles. The largest absolute Gasteiger partial charge is 0.382 e. The number of para-hydroxylation sites is 2. The molecule has 4 aromatic rings. The number of hydrogen-bond acceptors (Lipinski definition) is 3. The molecule has 0 fully saturated rings. The van der Waals surface area contributed by atoms with Crippen LogP contribution in [0.25, 0.3) is 27.6 Å². The molecule has 0 spiro atoms. The van der Waals surface area contributed by atoms with Gasteiger partial charge in [0.1, 0.15) is 11.3 Å². The third-order valence-electron chi connectivity index (χ3n) is 4.36. The summed E-state index contributed by atoms with van der Waals surface area (Å²) >= 11 is 0. The van der Waals surface area contributed by atoms with E-state index < -0.39 is 0 Å². The zero-order valence-corrected chi connectivity index (χ0v) is 13.7. The number of nitrogens with zero attached hydrogens (tertiary/aromatic N) is 3. The van der Waals surface area contributed by atoms with Crippen LogP contribution in [0.15, 0.2) is 54.6 Å². The Balaban J connectivity index is 2.12. The molecule has 0 aliphatic heterocycles. The zero-order chi connectivity index (χ0) is 16.5. The molecule has 4 nitrogen and oxygen atoms in total. The number of unbranched alkanes of at least 4 members (excludes halogenated alkanes) is 1. The van der Waals surface area contributed by atoms with Gasteiger partial charge in [-0.15, -0.1) is 0 Å². The van der Waals surface area contributed by atoms with Gasteiger partial charge in [0.2, 0.25) is 0 Å². The van der Waals surface area contributed by atoms with Crippen LogP contribution in [0.3, 0.4) is 0 Å². The standard InChI is InChI=1S/C20H20N4/c1-2-3-13-17-23-18-19(24(17)14-9-5-4-6-10-14)15-11-7-8-12-16(15)22-20(18)21/h4-12H,2-3,13H2,1H3,(H2,21,22). The summed E-state index contributed by atoms with van der Waals surface area (Å²) in [7, 11) is 0. The topological polar surface area (TPSA) is 56.7 Å². The monoisotopic (exact) mass is 316 g/mol. The van der Waals surface area contributed by atoms with E-state index in [1.807, 2.05) is 24.3 Å². The van der Waals surface area contributed by atoms with Crippen molar-refractivity contribution in [3.8, 4) is 5.69 Å². The van der Waals surface area contributed by atoms with Crippen molar-refractivity contribution in [1.29, 1.82) is 0 Å². The molecule has 24 heavy (non-hydrogen) atoms. The minimum absolute atomic E-state index is 0.496. The molecular weight excluding hydrogens is 296 g/mol. The van der Waals surface area contributed by atoms with Crippen LogP contribution in [-0.2, 0) is 6.42 Å². The molecule has 2 aromatic heterocycles. The van der Waals surface area contributed by atoms with Gasteiger partial charge >= 0.3 is 0 Å². The van der Waals surface area contributed by atoms with Crippen molar-refractivity contribution in [2.75, 3.05) is 5.73 Å². The summed E-state index contributed by atoms with van der Waals surface area (Å²) in [6, 6.07) is 18.5. The van der Waals surface area contributed by atoms with Crippen molar-refractivity contribution in [1.82, 2.24) is 14.5 Å². The number of rotatable bonds is 4. The predicted octanol–water partition coefficient (Wildman–Crippen LogP) is 4.50. The summed E-state index contributed by atoms with van der Waals surface area (Å²) < 4.78 is 2.24. The molecule has 0 radical (unpaired) electrons. The van der Waals surface area contributed by atoms with Gasteiger partial charge in [0, 0.05) is 17.5 Å². The average Bonchev–Trinajstić information content (AvgIpc) is 3.01. The number of anilines is 1. The summed E-state index contributed by atoms with van der Waals surface area (Å²) in [5.41, 5.74) is 10.1. The smallest absolute Gasteiger partial charge is 0.152 e. The number of benzene rings is 2. The number of fused-ring (bicyclic) bond motifs is 3. The van der Waals surface area contributed by atoms with Crippen LogP contribution < -0.4 is 5.73 Å². The Kier molecular flexibility index (Phi) is 3.65. The van der Waals surface area contributed by atoms with E-state index in [1.165, 1.54) is 0 Å². The van der Waals surface area contributed by atoms with Crippen molar-refractivity contribution in [3.05, 3.63) is 60.4 Å². The summed E-state index contributed by atoms with van der Waals surface area (Å²) in [5.74, 6) is 1.54. The van der Waals surface area contributed by atoms with Gasteiger partial charge in [-0.2, -0.15) is 0 Å². The highest BCUT2D eigenvalue weighted by molar-refractivity contribution is 6.07. The Morgan fingerprint density at radius 2 is 1.71 bits per heavy atom. The fourth-order valence-corrected chi connectivity index (χ4v) is 3.21. The first-order valence-electron chi connectivity index (χ1n) is 8.40. The Bertz CT molecular complexity index is 1000. The van der Waals surface area contributed by atoms with Crippen LogP contribution in [0.5, 0.6) is 0 Å². The molecular formula is C20H20N4. The number of imidazole rings is 1. The fraction of sp³-hybridized carbons (Fsp3) is 0.200. The number of nitrogen functional groups attached to an aromatic ring is 1. The molecule has 0 aliphatic carbocycles. The maximum atomic E-state index is 6.22. The Morgan fingerprint density at radius 1 is 0.958 bits per heavy atom. The van der Waals surface area contributed by atoms with Crippen LogP contribution in [0.2, 0.25) is 0 Å². The molecule has 2 N–H and O–H groups in total. The second-order valence-electron chi connectivity index (χ2n) is 6.01. The number of nitrogens with two attached hydrogens (primary N) is 1. The number of aryl methyl sites for hydroxylation is 1. The van der Waals surface area contributed by atoms with Crippen molar-refractivity contribution in [2.24, 2.45) is 0 Å². The normalized spacial score (nSPS) is 11.4. The second kappa shape index (κ2) is 5.96. The molecule has 0 amide bonds. The van der Waals surface area contributed by atoms with E-state index in [1.54, 1.807) is 0 Å². The SMILES string of the molecule is CCCCc1nc2c(N)nc3ccccc3c2n1-c1ccccc1. The van der Waals surface area contributed by atoms with Crippen LogP contribution in [0.1, 0.15) is 25.6 Å². The highest BCUT2D eigenvalue weighted by Gasteiger charge is 2.17. The molecule has 2 aromatic carbocycles. The Labute approximate surface area is 141 Å². The first-order chi connectivity index (χ1) is 11.8. The molecule has 0 atom stereocenters. The van der Waals surface area contributed by atoms with E-state index in [-0.39, 0.29) is 0 Å². The zero-order valence-electron chi connectivity index (χ0n) is 13.7. The Morgan fingerprint density at radius 3 is 2.50 bits per heavy atom. The van der Waals surface area contributed by atoms with Gasteiger partial charge in [-0.25, -0.2) is 9.97 Å². The van der Waals surface area contributed by atoms with Crippen molar-refractivity contribution >= 4 is 27.8 Å². The summed E-state index contributed by atoms with van der Waals surface area (Å²) in [6.45, 7) is 2.20. The first-order valence-corrected chi connectivity index (χ1v) is 8.40. The molecule has 2 heterocycles. The average molecular weight is 316 g/mol. The van der Waals surface area contributed by atoms with E-state index in [9.17, 15) is 0 Å². The minimum Gasteiger partial charge on any atom is -0.382 e. The minimum atomic E-state index is 0.496.